The first-order valence-electron chi connectivity index (χ1n) is 6.56. The summed E-state index contributed by atoms with van der Waals surface area (Å²) >= 11 is 0. The zero-order valence-corrected chi connectivity index (χ0v) is 11.6. The lowest BCUT2D eigenvalue weighted by Gasteiger charge is -2.15. The molecule has 21 heavy (non-hydrogen) atoms. The predicted octanol–water partition coefficient (Wildman–Crippen LogP) is 2.91. The number of carbonyl (C=O) groups excluding carboxylic acids is 1. The van der Waals surface area contributed by atoms with Crippen LogP contribution in [0.2, 0.25) is 0 Å². The molecular formula is C16H16F2N2O. The summed E-state index contributed by atoms with van der Waals surface area (Å²) in [5.74, 6) is -1.65. The molecule has 110 valence electrons. The molecule has 0 fully saturated rings. The van der Waals surface area contributed by atoms with Gasteiger partial charge >= 0.3 is 0 Å². The van der Waals surface area contributed by atoms with E-state index in [1.807, 2.05) is 0 Å². The molecule has 1 amide bonds. The third-order valence-corrected chi connectivity index (χ3v) is 3.23. The van der Waals surface area contributed by atoms with Gasteiger partial charge in [-0.1, -0.05) is 18.2 Å². The summed E-state index contributed by atoms with van der Waals surface area (Å²) in [5.41, 5.74) is 7.11. The van der Waals surface area contributed by atoms with E-state index in [4.69, 9.17) is 5.73 Å². The van der Waals surface area contributed by atoms with E-state index in [2.05, 4.69) is 5.32 Å². The average Bonchev–Trinajstić information content (AvgIpc) is 2.47. The standard InChI is InChI=1S/C16H16F2N2O/c1-10(14-7-6-13(17)8-15(14)18)20-16(21)12-4-2-11(9-19)3-5-12/h2-8,10H,9,19H2,1H3,(H,20,21). The Bertz CT molecular complexity index is 641. The normalized spacial score (nSPS) is 12.0. The van der Waals surface area contributed by atoms with E-state index >= 15 is 0 Å². The van der Waals surface area contributed by atoms with E-state index in [1.54, 1.807) is 31.2 Å². The predicted molar refractivity (Wildman–Crippen MR) is 76.6 cm³/mol. The van der Waals surface area contributed by atoms with Crippen molar-refractivity contribution in [3.63, 3.8) is 0 Å². The highest BCUT2D eigenvalue weighted by atomic mass is 19.1. The van der Waals surface area contributed by atoms with Crippen LogP contribution in [0.15, 0.2) is 42.5 Å². The molecule has 2 aromatic rings. The largest absolute Gasteiger partial charge is 0.345 e. The molecule has 0 spiro atoms. The minimum absolute atomic E-state index is 0.239. The minimum atomic E-state index is -0.679. The van der Waals surface area contributed by atoms with Crippen molar-refractivity contribution in [1.29, 1.82) is 0 Å². The zero-order valence-electron chi connectivity index (χ0n) is 11.6. The van der Waals surface area contributed by atoms with E-state index < -0.39 is 17.7 Å². The first-order valence-corrected chi connectivity index (χ1v) is 6.56. The van der Waals surface area contributed by atoms with Crippen LogP contribution >= 0.6 is 0 Å². The monoisotopic (exact) mass is 290 g/mol. The molecule has 0 heterocycles. The van der Waals surface area contributed by atoms with Crippen molar-refractivity contribution in [2.75, 3.05) is 0 Å². The van der Waals surface area contributed by atoms with Gasteiger partial charge in [0.1, 0.15) is 11.6 Å². The molecule has 0 saturated heterocycles. The fourth-order valence-electron chi connectivity index (χ4n) is 2.00. The van der Waals surface area contributed by atoms with Gasteiger partial charge in [0.2, 0.25) is 0 Å². The topological polar surface area (TPSA) is 55.1 Å². The first-order chi connectivity index (χ1) is 10.0. The number of amides is 1. The van der Waals surface area contributed by atoms with Crippen LogP contribution in [-0.4, -0.2) is 5.91 Å². The van der Waals surface area contributed by atoms with E-state index in [-0.39, 0.29) is 11.5 Å². The van der Waals surface area contributed by atoms with Crippen molar-refractivity contribution in [2.45, 2.75) is 19.5 Å². The summed E-state index contributed by atoms with van der Waals surface area (Å²) in [6.07, 6.45) is 0. The molecule has 0 aromatic heterocycles. The summed E-state index contributed by atoms with van der Waals surface area (Å²) in [4.78, 5) is 12.1. The van der Waals surface area contributed by atoms with Crippen LogP contribution in [0, 0.1) is 11.6 Å². The Labute approximate surface area is 121 Å². The van der Waals surface area contributed by atoms with Crippen LogP contribution in [0.4, 0.5) is 8.78 Å². The van der Waals surface area contributed by atoms with Gasteiger partial charge in [-0.25, -0.2) is 8.78 Å². The Balaban J connectivity index is 2.10. The second-order valence-corrected chi connectivity index (χ2v) is 4.76. The third kappa shape index (κ3) is 3.64. The molecule has 2 rings (SSSR count). The summed E-state index contributed by atoms with van der Waals surface area (Å²) in [6.45, 7) is 2.04. The number of carbonyl (C=O) groups is 1. The second kappa shape index (κ2) is 6.45. The molecule has 0 radical (unpaired) electrons. The maximum absolute atomic E-state index is 13.6. The number of rotatable bonds is 4. The van der Waals surface area contributed by atoms with E-state index in [9.17, 15) is 13.6 Å². The summed E-state index contributed by atoms with van der Waals surface area (Å²) in [6, 6.07) is 9.57. The van der Waals surface area contributed by atoms with E-state index in [1.165, 1.54) is 6.07 Å². The molecule has 0 aliphatic rings. The summed E-state index contributed by atoms with van der Waals surface area (Å²) < 4.78 is 26.5. The van der Waals surface area contributed by atoms with Crippen LogP contribution in [0.25, 0.3) is 0 Å². The highest BCUT2D eigenvalue weighted by Gasteiger charge is 2.15. The van der Waals surface area contributed by atoms with Gasteiger partial charge in [-0.05, 0) is 30.7 Å². The van der Waals surface area contributed by atoms with Crippen LogP contribution in [0.3, 0.4) is 0 Å². The molecule has 3 nitrogen and oxygen atoms in total. The molecule has 0 saturated carbocycles. The lowest BCUT2D eigenvalue weighted by molar-refractivity contribution is 0.0939. The Morgan fingerprint density at radius 2 is 1.86 bits per heavy atom. The SMILES string of the molecule is CC(NC(=O)c1ccc(CN)cc1)c1ccc(F)cc1F. The van der Waals surface area contributed by atoms with Crippen molar-refractivity contribution in [3.05, 3.63) is 70.8 Å². The number of nitrogens with two attached hydrogens (primary N) is 1. The van der Waals surface area contributed by atoms with Gasteiger partial charge in [-0.15, -0.1) is 0 Å². The van der Waals surface area contributed by atoms with Gasteiger partial charge in [0.25, 0.3) is 5.91 Å². The van der Waals surface area contributed by atoms with Gasteiger partial charge in [-0.2, -0.15) is 0 Å². The van der Waals surface area contributed by atoms with Gasteiger partial charge in [-0.3, -0.25) is 4.79 Å². The quantitative estimate of drug-likeness (QED) is 0.909. The zero-order chi connectivity index (χ0) is 15.4. The number of nitrogens with one attached hydrogen (secondary N) is 1. The molecule has 0 bridgehead atoms. The van der Waals surface area contributed by atoms with Crippen molar-refractivity contribution in [1.82, 2.24) is 5.32 Å². The molecule has 1 atom stereocenters. The van der Waals surface area contributed by atoms with Crippen LogP contribution in [0.1, 0.15) is 34.5 Å². The molecule has 3 N–H and O–H groups in total. The number of hydrogen-bond acceptors (Lipinski definition) is 2. The van der Waals surface area contributed by atoms with Crippen molar-refractivity contribution in [2.24, 2.45) is 5.73 Å². The highest BCUT2D eigenvalue weighted by Crippen LogP contribution is 2.18. The maximum Gasteiger partial charge on any atom is 0.251 e. The van der Waals surface area contributed by atoms with Gasteiger partial charge < -0.3 is 11.1 Å². The Kier molecular flexibility index (Phi) is 4.65. The van der Waals surface area contributed by atoms with Gasteiger partial charge in [0.05, 0.1) is 6.04 Å². The van der Waals surface area contributed by atoms with Crippen LogP contribution in [0.5, 0.6) is 0 Å². The van der Waals surface area contributed by atoms with Gasteiger partial charge in [0.15, 0.2) is 0 Å². The lowest BCUT2D eigenvalue weighted by atomic mass is 10.1. The van der Waals surface area contributed by atoms with Crippen molar-refractivity contribution < 1.29 is 13.6 Å². The van der Waals surface area contributed by atoms with E-state index in [0.29, 0.717) is 12.1 Å². The Morgan fingerprint density at radius 1 is 1.19 bits per heavy atom. The number of halogens is 2. The Morgan fingerprint density at radius 3 is 2.43 bits per heavy atom. The first kappa shape index (κ1) is 15.1. The van der Waals surface area contributed by atoms with Crippen molar-refractivity contribution in [3.8, 4) is 0 Å². The summed E-state index contributed by atoms with van der Waals surface area (Å²) in [5, 5.41) is 2.68. The van der Waals surface area contributed by atoms with Crippen LogP contribution in [-0.2, 0) is 6.54 Å². The molecule has 0 aliphatic heterocycles. The smallest absolute Gasteiger partial charge is 0.251 e. The fraction of sp³-hybridized carbons (Fsp3) is 0.188. The van der Waals surface area contributed by atoms with Gasteiger partial charge in [0, 0.05) is 23.7 Å². The second-order valence-electron chi connectivity index (χ2n) is 4.76. The number of hydrogen-bond donors (Lipinski definition) is 2. The third-order valence-electron chi connectivity index (χ3n) is 3.23. The average molecular weight is 290 g/mol. The van der Waals surface area contributed by atoms with Crippen molar-refractivity contribution >= 4 is 5.91 Å². The highest BCUT2D eigenvalue weighted by molar-refractivity contribution is 5.94. The molecule has 1 unspecified atom stereocenters. The fourth-order valence-corrected chi connectivity index (χ4v) is 2.00. The molecule has 2 aromatic carbocycles. The van der Waals surface area contributed by atoms with Crippen LogP contribution < -0.4 is 11.1 Å². The molecule has 0 aliphatic carbocycles. The summed E-state index contributed by atoms with van der Waals surface area (Å²) in [7, 11) is 0. The van der Waals surface area contributed by atoms with E-state index in [0.717, 1.165) is 17.7 Å². The maximum atomic E-state index is 13.6. The lowest BCUT2D eigenvalue weighted by Crippen LogP contribution is -2.27. The molecular weight excluding hydrogens is 274 g/mol. The number of benzene rings is 2. The minimum Gasteiger partial charge on any atom is -0.345 e. The Hall–Kier alpha value is -2.27. The molecule has 5 heteroatoms.